The van der Waals surface area contributed by atoms with Crippen molar-refractivity contribution < 1.29 is 9.53 Å². The Morgan fingerprint density at radius 3 is 2.53 bits per heavy atom. The Kier molecular flexibility index (Phi) is 4.27. The minimum Gasteiger partial charge on any atom is -0.479 e. The number of nitrogens with zero attached hydrogens (tertiary/aromatic N) is 2. The monoisotopic (exact) mass is 263 g/mol. The van der Waals surface area contributed by atoms with Crippen molar-refractivity contribution in [3.63, 3.8) is 0 Å². The van der Waals surface area contributed by atoms with Crippen molar-refractivity contribution in [1.82, 2.24) is 9.80 Å². The Labute approximate surface area is 113 Å². The molecule has 1 fully saturated rings. The summed E-state index contributed by atoms with van der Waals surface area (Å²) >= 11 is 0. The van der Waals surface area contributed by atoms with E-state index in [1.807, 2.05) is 17.0 Å². The number of piperazine rings is 1. The molecular formula is C14H21N3O2. The molecule has 5 heteroatoms. The molecule has 1 aliphatic heterocycles. The molecule has 0 saturated carbocycles. The zero-order valence-electron chi connectivity index (χ0n) is 11.5. The number of carbonyl (C=O) groups is 1. The van der Waals surface area contributed by atoms with Crippen molar-refractivity contribution in [2.24, 2.45) is 0 Å². The van der Waals surface area contributed by atoms with Gasteiger partial charge in [0.1, 0.15) is 5.75 Å². The minimum atomic E-state index is -0.506. The lowest BCUT2D eigenvalue weighted by molar-refractivity contribution is -0.139. The van der Waals surface area contributed by atoms with Gasteiger partial charge in [-0.3, -0.25) is 4.79 Å². The maximum atomic E-state index is 12.3. The quantitative estimate of drug-likeness (QED) is 0.820. The Hall–Kier alpha value is -1.75. The first-order chi connectivity index (χ1) is 9.08. The predicted octanol–water partition coefficient (Wildman–Crippen LogP) is 0.810. The number of likely N-dealkylation sites (N-methyl/N-ethyl adjacent to an activating group) is 1. The zero-order valence-corrected chi connectivity index (χ0v) is 11.5. The third kappa shape index (κ3) is 3.38. The lowest BCUT2D eigenvalue weighted by atomic mass is 10.2. The van der Waals surface area contributed by atoms with Gasteiger partial charge < -0.3 is 20.3 Å². The Morgan fingerprint density at radius 2 is 1.89 bits per heavy atom. The third-order valence-electron chi connectivity index (χ3n) is 3.39. The van der Waals surface area contributed by atoms with Gasteiger partial charge >= 0.3 is 0 Å². The van der Waals surface area contributed by atoms with Crippen molar-refractivity contribution in [2.75, 3.05) is 39.0 Å². The van der Waals surface area contributed by atoms with Crippen LogP contribution in [0.25, 0.3) is 0 Å². The van der Waals surface area contributed by atoms with Crippen LogP contribution in [0.4, 0.5) is 5.69 Å². The summed E-state index contributed by atoms with van der Waals surface area (Å²) in [4.78, 5) is 16.3. The third-order valence-corrected chi connectivity index (χ3v) is 3.39. The number of hydrogen-bond donors (Lipinski definition) is 1. The lowest BCUT2D eigenvalue weighted by Gasteiger charge is -2.33. The van der Waals surface area contributed by atoms with Crippen LogP contribution >= 0.6 is 0 Å². The summed E-state index contributed by atoms with van der Waals surface area (Å²) in [5, 5.41) is 0. The second-order valence-electron chi connectivity index (χ2n) is 4.93. The number of para-hydroxylation sites is 2. The van der Waals surface area contributed by atoms with E-state index in [2.05, 4.69) is 11.9 Å². The number of carbonyl (C=O) groups excluding carboxylic acids is 1. The molecule has 1 aliphatic rings. The van der Waals surface area contributed by atoms with Crippen molar-refractivity contribution in [2.45, 2.75) is 13.0 Å². The van der Waals surface area contributed by atoms with Gasteiger partial charge in [-0.05, 0) is 26.1 Å². The van der Waals surface area contributed by atoms with Gasteiger partial charge in [0, 0.05) is 26.2 Å². The first-order valence-corrected chi connectivity index (χ1v) is 6.56. The molecule has 5 nitrogen and oxygen atoms in total. The van der Waals surface area contributed by atoms with Gasteiger partial charge in [0.05, 0.1) is 5.69 Å². The number of rotatable bonds is 3. The first kappa shape index (κ1) is 13.7. The highest BCUT2D eigenvalue weighted by molar-refractivity contribution is 5.81. The smallest absolute Gasteiger partial charge is 0.263 e. The molecule has 1 saturated heterocycles. The molecule has 0 radical (unpaired) electrons. The molecule has 1 unspecified atom stereocenters. The van der Waals surface area contributed by atoms with E-state index in [1.165, 1.54) is 0 Å². The molecule has 1 aromatic rings. The van der Waals surface area contributed by atoms with Crippen LogP contribution in [-0.4, -0.2) is 55.0 Å². The van der Waals surface area contributed by atoms with E-state index in [4.69, 9.17) is 10.5 Å². The zero-order chi connectivity index (χ0) is 13.8. The molecule has 0 spiro atoms. The maximum Gasteiger partial charge on any atom is 0.263 e. The second kappa shape index (κ2) is 5.93. The number of ether oxygens (including phenoxy) is 1. The molecule has 19 heavy (non-hydrogen) atoms. The van der Waals surface area contributed by atoms with Crippen LogP contribution in [0.15, 0.2) is 24.3 Å². The lowest BCUT2D eigenvalue weighted by Crippen LogP contribution is -2.50. The fourth-order valence-electron chi connectivity index (χ4n) is 2.11. The fraction of sp³-hybridized carbons (Fsp3) is 0.500. The molecule has 1 heterocycles. The highest BCUT2D eigenvalue weighted by Gasteiger charge is 2.25. The van der Waals surface area contributed by atoms with Crippen LogP contribution < -0.4 is 10.5 Å². The van der Waals surface area contributed by atoms with Crippen molar-refractivity contribution in [3.8, 4) is 5.75 Å². The van der Waals surface area contributed by atoms with Gasteiger partial charge in [0.25, 0.3) is 5.91 Å². The first-order valence-electron chi connectivity index (χ1n) is 6.56. The molecule has 0 bridgehead atoms. The highest BCUT2D eigenvalue weighted by atomic mass is 16.5. The topological polar surface area (TPSA) is 58.8 Å². The van der Waals surface area contributed by atoms with E-state index in [1.54, 1.807) is 19.1 Å². The highest BCUT2D eigenvalue weighted by Crippen LogP contribution is 2.21. The van der Waals surface area contributed by atoms with E-state index >= 15 is 0 Å². The van der Waals surface area contributed by atoms with E-state index in [-0.39, 0.29) is 5.91 Å². The number of benzene rings is 1. The molecule has 2 rings (SSSR count). The summed E-state index contributed by atoms with van der Waals surface area (Å²) in [6.07, 6.45) is -0.506. The predicted molar refractivity (Wildman–Crippen MR) is 75.0 cm³/mol. The van der Waals surface area contributed by atoms with Crippen LogP contribution in [0, 0.1) is 0 Å². The fourth-order valence-corrected chi connectivity index (χ4v) is 2.11. The van der Waals surface area contributed by atoms with Crippen LogP contribution in [0.3, 0.4) is 0 Å². The molecule has 0 aromatic heterocycles. The van der Waals surface area contributed by atoms with Gasteiger partial charge in [-0.1, -0.05) is 12.1 Å². The van der Waals surface area contributed by atoms with Gasteiger partial charge in [-0.2, -0.15) is 0 Å². The SMILES string of the molecule is CC(Oc1ccccc1N)C(=O)N1CCN(C)CC1. The average molecular weight is 263 g/mol. The number of nitrogens with two attached hydrogens (primary N) is 1. The number of hydrogen-bond acceptors (Lipinski definition) is 4. The largest absolute Gasteiger partial charge is 0.479 e. The normalized spacial score (nSPS) is 18.1. The molecular weight excluding hydrogens is 242 g/mol. The maximum absolute atomic E-state index is 12.3. The van der Waals surface area contributed by atoms with Gasteiger partial charge in [0.15, 0.2) is 6.10 Å². The molecule has 104 valence electrons. The minimum absolute atomic E-state index is 0.0244. The number of amides is 1. The summed E-state index contributed by atoms with van der Waals surface area (Å²) in [7, 11) is 2.06. The van der Waals surface area contributed by atoms with Gasteiger partial charge in [-0.15, -0.1) is 0 Å². The van der Waals surface area contributed by atoms with Gasteiger partial charge in [-0.25, -0.2) is 0 Å². The number of anilines is 1. The number of nitrogen functional groups attached to an aromatic ring is 1. The van der Waals surface area contributed by atoms with Crippen molar-refractivity contribution in [3.05, 3.63) is 24.3 Å². The summed E-state index contributed by atoms with van der Waals surface area (Å²) < 4.78 is 5.66. The average Bonchev–Trinajstić information content (AvgIpc) is 2.41. The van der Waals surface area contributed by atoms with E-state index in [9.17, 15) is 4.79 Å². The van der Waals surface area contributed by atoms with Crippen LogP contribution in [-0.2, 0) is 4.79 Å². The molecule has 0 aliphatic carbocycles. The van der Waals surface area contributed by atoms with Crippen molar-refractivity contribution in [1.29, 1.82) is 0 Å². The van der Waals surface area contributed by atoms with Crippen LogP contribution in [0.5, 0.6) is 5.75 Å². The van der Waals surface area contributed by atoms with Crippen LogP contribution in [0.2, 0.25) is 0 Å². The Balaban J connectivity index is 1.94. The van der Waals surface area contributed by atoms with Crippen LogP contribution in [0.1, 0.15) is 6.92 Å². The summed E-state index contributed by atoms with van der Waals surface area (Å²) in [6.45, 7) is 5.10. The molecule has 2 N–H and O–H groups in total. The van der Waals surface area contributed by atoms with E-state index in [0.717, 1.165) is 26.2 Å². The van der Waals surface area contributed by atoms with E-state index in [0.29, 0.717) is 11.4 Å². The Bertz CT molecular complexity index is 442. The summed E-state index contributed by atoms with van der Waals surface area (Å²) in [6, 6.07) is 7.24. The van der Waals surface area contributed by atoms with Gasteiger partial charge in [0.2, 0.25) is 0 Å². The second-order valence-corrected chi connectivity index (χ2v) is 4.93. The van der Waals surface area contributed by atoms with E-state index < -0.39 is 6.10 Å². The molecule has 1 amide bonds. The standard InChI is InChI=1S/C14H21N3O2/c1-11(19-13-6-4-3-5-12(13)15)14(18)17-9-7-16(2)8-10-17/h3-6,11H,7-10,15H2,1-2H3. The summed E-state index contributed by atoms with van der Waals surface area (Å²) in [5.74, 6) is 0.592. The molecule has 1 atom stereocenters. The Morgan fingerprint density at radius 1 is 1.26 bits per heavy atom. The molecule has 1 aromatic carbocycles. The van der Waals surface area contributed by atoms with Crippen molar-refractivity contribution >= 4 is 11.6 Å². The summed E-state index contributed by atoms with van der Waals surface area (Å²) in [5.41, 5.74) is 6.37.